The van der Waals surface area contributed by atoms with Crippen LogP contribution in [0, 0.1) is 19.3 Å². The summed E-state index contributed by atoms with van der Waals surface area (Å²) in [4.78, 5) is 0. The largest absolute Gasteiger partial charge is 1.00 e. The monoisotopic (exact) mass is 266 g/mol. The fourth-order valence-electron chi connectivity index (χ4n) is 2.19. The molecule has 0 aliphatic rings. The van der Waals surface area contributed by atoms with Gasteiger partial charge in [-0.2, -0.15) is 0 Å². The van der Waals surface area contributed by atoms with Gasteiger partial charge >= 0.3 is 18.9 Å². The summed E-state index contributed by atoms with van der Waals surface area (Å²) < 4.78 is 0. The van der Waals surface area contributed by atoms with Crippen molar-refractivity contribution in [1.82, 2.24) is 0 Å². The van der Waals surface area contributed by atoms with E-state index in [-0.39, 0.29) is 35.4 Å². The molecule has 0 saturated heterocycles. The Balaban J connectivity index is 0.00000361. The van der Waals surface area contributed by atoms with E-state index in [9.17, 15) is 5.11 Å². The van der Waals surface area contributed by atoms with Crippen LogP contribution in [-0.2, 0) is 5.41 Å². The summed E-state index contributed by atoms with van der Waals surface area (Å²) in [7, 11) is 0. The van der Waals surface area contributed by atoms with Crippen molar-refractivity contribution in [2.75, 3.05) is 0 Å². The van der Waals surface area contributed by atoms with Gasteiger partial charge in [0.05, 0.1) is 0 Å². The van der Waals surface area contributed by atoms with Crippen LogP contribution in [0.1, 0.15) is 58.2 Å². The van der Waals surface area contributed by atoms with Crippen molar-refractivity contribution >= 4 is 0 Å². The quantitative estimate of drug-likeness (QED) is 0.584. The summed E-state index contributed by atoms with van der Waals surface area (Å²) in [5.41, 5.74) is 4.18. The van der Waals surface area contributed by atoms with E-state index < -0.39 is 0 Å². The molecule has 0 heterocycles. The molecule has 0 amide bonds. The summed E-state index contributed by atoms with van der Waals surface area (Å²) in [6.45, 7) is 16.4. The van der Waals surface area contributed by atoms with Crippen LogP contribution in [0.25, 0.3) is 0 Å². The second-order valence-corrected chi connectivity index (χ2v) is 7.13. The molecular formula is C18H27LiO. The molecule has 0 unspecified atom stereocenters. The van der Waals surface area contributed by atoms with E-state index in [1.807, 2.05) is 27.7 Å². The van der Waals surface area contributed by atoms with Crippen molar-refractivity contribution in [2.45, 2.75) is 60.8 Å². The second-order valence-electron chi connectivity index (χ2n) is 7.13. The average Bonchev–Trinajstić information content (AvgIpc) is 2.29. The van der Waals surface area contributed by atoms with Gasteiger partial charge in [-0.05, 0) is 42.9 Å². The number of aryl methyl sites for hydroxylation is 2. The molecule has 0 fully saturated rings. The first kappa shape index (κ1) is 19.4. The molecule has 0 aliphatic carbocycles. The maximum Gasteiger partial charge on any atom is 1.00 e. The topological polar surface area (TPSA) is 23.1 Å². The Morgan fingerprint density at radius 3 is 1.85 bits per heavy atom. The van der Waals surface area contributed by atoms with Crippen molar-refractivity contribution in [2.24, 2.45) is 5.41 Å². The van der Waals surface area contributed by atoms with Crippen molar-refractivity contribution in [1.29, 1.82) is 0 Å². The van der Waals surface area contributed by atoms with Crippen LogP contribution in [0.5, 0.6) is 0 Å². The van der Waals surface area contributed by atoms with E-state index in [2.05, 4.69) is 45.9 Å². The standard InChI is InChI=1S/C18H28O.Li/c1-12-9-10-15(11-13(12)2)18(7,8)14(3)16(19)17(4,5)6;/h9-11,19H,1-8H3;/q;+1/p-1/b16-14-;. The molecule has 0 saturated carbocycles. The van der Waals surface area contributed by atoms with Gasteiger partial charge in [0.1, 0.15) is 0 Å². The molecule has 0 radical (unpaired) electrons. The van der Waals surface area contributed by atoms with Gasteiger partial charge in [-0.15, -0.1) is 5.76 Å². The van der Waals surface area contributed by atoms with Gasteiger partial charge in [-0.25, -0.2) is 0 Å². The Kier molecular flexibility index (Phi) is 6.21. The van der Waals surface area contributed by atoms with Crippen LogP contribution >= 0.6 is 0 Å². The van der Waals surface area contributed by atoms with Crippen molar-refractivity contribution in [3.05, 3.63) is 46.2 Å². The molecule has 1 aromatic rings. The van der Waals surface area contributed by atoms with Crippen LogP contribution in [0.4, 0.5) is 0 Å². The number of hydrogen-bond acceptors (Lipinski definition) is 1. The third-order valence-electron chi connectivity index (χ3n) is 4.19. The summed E-state index contributed by atoms with van der Waals surface area (Å²) in [6, 6.07) is 6.48. The van der Waals surface area contributed by atoms with Crippen LogP contribution in [-0.4, -0.2) is 0 Å². The van der Waals surface area contributed by atoms with Gasteiger partial charge in [-0.1, -0.05) is 58.4 Å². The minimum absolute atomic E-state index is 0. The molecular weight excluding hydrogens is 239 g/mol. The van der Waals surface area contributed by atoms with Gasteiger partial charge in [-0.3, -0.25) is 0 Å². The first-order chi connectivity index (χ1) is 8.48. The predicted octanol–water partition coefficient (Wildman–Crippen LogP) is 1.27. The van der Waals surface area contributed by atoms with Crippen LogP contribution < -0.4 is 24.0 Å². The van der Waals surface area contributed by atoms with Gasteiger partial charge in [0, 0.05) is 5.41 Å². The average molecular weight is 266 g/mol. The Morgan fingerprint density at radius 2 is 1.45 bits per heavy atom. The first-order valence-electron chi connectivity index (χ1n) is 6.94. The summed E-state index contributed by atoms with van der Waals surface area (Å²) >= 11 is 0. The zero-order valence-electron chi connectivity index (χ0n) is 14.6. The Bertz CT molecular complexity index is 505. The minimum atomic E-state index is -0.318. The molecule has 1 aromatic carbocycles. The van der Waals surface area contributed by atoms with E-state index >= 15 is 0 Å². The number of rotatable bonds is 2. The van der Waals surface area contributed by atoms with E-state index in [4.69, 9.17) is 0 Å². The van der Waals surface area contributed by atoms with Gasteiger partial charge in [0.25, 0.3) is 0 Å². The van der Waals surface area contributed by atoms with Crippen LogP contribution in [0.3, 0.4) is 0 Å². The molecule has 0 N–H and O–H groups in total. The summed E-state index contributed by atoms with van der Waals surface area (Å²) in [5.74, 6) is 0.246. The molecule has 0 atom stereocenters. The Labute approximate surface area is 136 Å². The normalized spacial score (nSPS) is 13.6. The fraction of sp³-hybridized carbons (Fsp3) is 0.556. The Hall–Kier alpha value is -0.643. The zero-order valence-corrected chi connectivity index (χ0v) is 14.6. The van der Waals surface area contributed by atoms with Crippen molar-refractivity contribution < 1.29 is 24.0 Å². The molecule has 0 aromatic heterocycles. The maximum atomic E-state index is 12.5. The number of hydrogen-bond donors (Lipinski definition) is 0. The maximum absolute atomic E-state index is 12.5. The first-order valence-corrected chi connectivity index (χ1v) is 6.94. The fourth-order valence-corrected chi connectivity index (χ4v) is 2.19. The number of benzene rings is 1. The number of allylic oxidation sites excluding steroid dienone is 2. The molecule has 0 spiro atoms. The van der Waals surface area contributed by atoms with E-state index in [0.29, 0.717) is 0 Å². The summed E-state index contributed by atoms with van der Waals surface area (Å²) in [5, 5.41) is 12.5. The smallest absolute Gasteiger partial charge is 0.875 e. The van der Waals surface area contributed by atoms with E-state index in [1.165, 1.54) is 16.7 Å². The second kappa shape index (κ2) is 6.42. The third-order valence-corrected chi connectivity index (χ3v) is 4.19. The van der Waals surface area contributed by atoms with Gasteiger partial charge in [0.2, 0.25) is 0 Å². The van der Waals surface area contributed by atoms with Gasteiger partial charge in [0.15, 0.2) is 0 Å². The molecule has 2 heteroatoms. The van der Waals surface area contributed by atoms with E-state index in [1.54, 1.807) is 0 Å². The molecule has 0 bridgehead atoms. The summed E-state index contributed by atoms with van der Waals surface area (Å²) in [6.07, 6.45) is 0. The minimum Gasteiger partial charge on any atom is -0.875 e. The molecule has 1 nitrogen and oxygen atoms in total. The third kappa shape index (κ3) is 3.93. The van der Waals surface area contributed by atoms with Crippen molar-refractivity contribution in [3.63, 3.8) is 0 Å². The Morgan fingerprint density at radius 1 is 0.950 bits per heavy atom. The van der Waals surface area contributed by atoms with Crippen LogP contribution in [0.2, 0.25) is 0 Å². The van der Waals surface area contributed by atoms with Gasteiger partial charge < -0.3 is 5.11 Å². The van der Waals surface area contributed by atoms with Crippen molar-refractivity contribution in [3.8, 4) is 0 Å². The molecule has 106 valence electrons. The molecule has 1 rings (SSSR count). The molecule has 0 aliphatic heterocycles. The SMILES string of the molecule is C/C(=C(/[O-])C(C)(C)C)C(C)(C)c1ccc(C)c(C)c1.[Li+]. The zero-order chi connectivity index (χ0) is 15.0. The predicted molar refractivity (Wildman–Crippen MR) is 81.1 cm³/mol. The molecule has 20 heavy (non-hydrogen) atoms. The van der Waals surface area contributed by atoms with Crippen LogP contribution in [0.15, 0.2) is 29.5 Å². The van der Waals surface area contributed by atoms with E-state index in [0.717, 1.165) is 5.57 Å².